The first-order valence-corrected chi connectivity index (χ1v) is 9.39. The lowest BCUT2D eigenvalue weighted by Gasteiger charge is -2.33. The molecule has 26 heavy (non-hydrogen) atoms. The number of hydrogen-bond donors (Lipinski definition) is 2. The average molecular weight is 358 g/mol. The van der Waals surface area contributed by atoms with Crippen LogP contribution in [0.2, 0.25) is 0 Å². The smallest absolute Gasteiger partial charge is 0.248 e. The van der Waals surface area contributed by atoms with Crippen LogP contribution in [-0.4, -0.2) is 69.2 Å². The molecule has 1 spiro atoms. The van der Waals surface area contributed by atoms with E-state index < -0.39 is 11.3 Å². The predicted molar refractivity (Wildman–Crippen MR) is 98.4 cm³/mol. The van der Waals surface area contributed by atoms with E-state index >= 15 is 0 Å². The number of amides is 2. The number of nitrogens with zero attached hydrogens (tertiary/aromatic N) is 2. The number of nitrogens with one attached hydrogen (secondary N) is 1. The van der Waals surface area contributed by atoms with Crippen molar-refractivity contribution in [3.8, 4) is 0 Å². The van der Waals surface area contributed by atoms with Crippen LogP contribution >= 0.6 is 0 Å². The van der Waals surface area contributed by atoms with E-state index in [-0.39, 0.29) is 5.91 Å². The summed E-state index contributed by atoms with van der Waals surface area (Å²) in [5.74, 6) is -0.288. The van der Waals surface area contributed by atoms with Crippen molar-refractivity contribution in [2.75, 3.05) is 57.4 Å². The summed E-state index contributed by atoms with van der Waals surface area (Å²) in [4.78, 5) is 29.3. The Morgan fingerprint density at radius 2 is 1.92 bits per heavy atom. The Morgan fingerprint density at radius 3 is 2.62 bits per heavy atom. The third kappa shape index (κ3) is 2.90. The average Bonchev–Trinajstić information content (AvgIpc) is 2.89. The maximum atomic E-state index is 13.4. The van der Waals surface area contributed by atoms with Crippen molar-refractivity contribution in [3.63, 3.8) is 0 Å². The highest BCUT2D eigenvalue weighted by Gasteiger charge is 2.51. The Hall–Kier alpha value is -1.96. The van der Waals surface area contributed by atoms with Crippen molar-refractivity contribution in [2.24, 2.45) is 5.73 Å². The van der Waals surface area contributed by atoms with Crippen molar-refractivity contribution in [1.29, 1.82) is 0 Å². The van der Waals surface area contributed by atoms with Gasteiger partial charge in [0.25, 0.3) is 0 Å². The van der Waals surface area contributed by atoms with Crippen LogP contribution in [0.1, 0.15) is 28.8 Å². The Morgan fingerprint density at radius 1 is 1.19 bits per heavy atom. The molecule has 140 valence electrons. The molecule has 3 heterocycles. The van der Waals surface area contributed by atoms with Crippen LogP contribution in [0.3, 0.4) is 0 Å². The van der Waals surface area contributed by atoms with Crippen LogP contribution < -0.4 is 16.0 Å². The highest BCUT2D eigenvalue weighted by molar-refractivity contribution is 6.09. The summed E-state index contributed by atoms with van der Waals surface area (Å²) in [5.41, 5.74) is 7.39. The molecule has 2 fully saturated rings. The van der Waals surface area contributed by atoms with Crippen LogP contribution in [0.5, 0.6) is 0 Å². The van der Waals surface area contributed by atoms with Gasteiger partial charge in [-0.25, -0.2) is 0 Å². The summed E-state index contributed by atoms with van der Waals surface area (Å²) < 4.78 is 5.40. The first-order valence-electron chi connectivity index (χ1n) is 9.39. The second-order valence-corrected chi connectivity index (χ2v) is 7.34. The topological polar surface area (TPSA) is 87.9 Å². The number of anilines is 1. The number of rotatable bonds is 4. The normalized spacial score (nSPS) is 22.6. The molecule has 0 saturated carbocycles. The second kappa shape index (κ2) is 6.98. The van der Waals surface area contributed by atoms with Gasteiger partial charge in [0.15, 0.2) is 0 Å². The standard InChI is InChI=1S/C19H26N4O3/c20-17(24)14-1-2-15-16(13-14)23(8-7-22-9-11-26-12-10-22)18(25)19(15)3-5-21-6-4-19/h1-2,13,21H,3-12H2,(H2,20,24). The molecule has 1 aromatic rings. The summed E-state index contributed by atoms with van der Waals surface area (Å²) in [5, 5.41) is 3.35. The highest BCUT2D eigenvalue weighted by Crippen LogP contribution is 2.47. The number of nitrogens with two attached hydrogens (primary N) is 1. The Labute approximate surface area is 153 Å². The largest absolute Gasteiger partial charge is 0.379 e. The SMILES string of the molecule is NC(=O)c1ccc2c(c1)N(CCN1CCOCC1)C(=O)C21CCNCC1. The molecule has 1 aromatic carbocycles. The van der Waals surface area contributed by atoms with Crippen LogP contribution in [0.25, 0.3) is 0 Å². The van der Waals surface area contributed by atoms with Gasteiger partial charge in [-0.3, -0.25) is 14.5 Å². The third-order valence-electron chi connectivity index (χ3n) is 5.94. The van der Waals surface area contributed by atoms with Gasteiger partial charge in [-0.2, -0.15) is 0 Å². The zero-order valence-electron chi connectivity index (χ0n) is 15.0. The number of carbonyl (C=O) groups is 2. The summed E-state index contributed by atoms with van der Waals surface area (Å²) in [6.07, 6.45) is 1.59. The summed E-state index contributed by atoms with van der Waals surface area (Å²) >= 11 is 0. The molecule has 0 atom stereocenters. The molecule has 7 nitrogen and oxygen atoms in total. The number of fused-ring (bicyclic) bond motifs is 2. The maximum Gasteiger partial charge on any atom is 0.248 e. The minimum Gasteiger partial charge on any atom is -0.379 e. The van der Waals surface area contributed by atoms with Gasteiger partial charge >= 0.3 is 0 Å². The number of benzene rings is 1. The second-order valence-electron chi connectivity index (χ2n) is 7.34. The van der Waals surface area contributed by atoms with Crippen molar-refractivity contribution in [2.45, 2.75) is 18.3 Å². The van der Waals surface area contributed by atoms with E-state index in [0.29, 0.717) is 12.1 Å². The van der Waals surface area contributed by atoms with Crippen molar-refractivity contribution < 1.29 is 14.3 Å². The molecule has 0 aromatic heterocycles. The number of primary amides is 1. The van der Waals surface area contributed by atoms with Gasteiger partial charge in [-0.05, 0) is 43.6 Å². The van der Waals surface area contributed by atoms with Gasteiger partial charge in [-0.1, -0.05) is 6.07 Å². The zero-order valence-corrected chi connectivity index (χ0v) is 15.0. The lowest BCUT2D eigenvalue weighted by Crippen LogP contribution is -2.49. The van der Waals surface area contributed by atoms with Crippen LogP contribution in [0, 0.1) is 0 Å². The molecular formula is C19H26N4O3. The third-order valence-corrected chi connectivity index (χ3v) is 5.94. The van der Waals surface area contributed by atoms with E-state index in [0.717, 1.165) is 70.0 Å². The summed E-state index contributed by atoms with van der Waals surface area (Å²) in [6, 6.07) is 5.49. The number of morpholine rings is 1. The predicted octanol–water partition coefficient (Wildman–Crippen LogP) is 0.0855. The minimum absolute atomic E-state index is 0.170. The van der Waals surface area contributed by atoms with Crippen LogP contribution in [0.15, 0.2) is 18.2 Å². The monoisotopic (exact) mass is 358 g/mol. The van der Waals surface area contributed by atoms with Gasteiger partial charge in [0.2, 0.25) is 11.8 Å². The van der Waals surface area contributed by atoms with Gasteiger partial charge < -0.3 is 20.7 Å². The minimum atomic E-state index is -0.459. The van der Waals surface area contributed by atoms with Crippen LogP contribution in [-0.2, 0) is 14.9 Å². The Bertz CT molecular complexity index is 709. The maximum absolute atomic E-state index is 13.4. The van der Waals surface area contributed by atoms with Gasteiger partial charge in [0, 0.05) is 37.4 Å². The Kier molecular flexibility index (Phi) is 4.69. The fourth-order valence-corrected chi connectivity index (χ4v) is 4.42. The van der Waals surface area contributed by atoms with Gasteiger partial charge in [0.05, 0.1) is 18.6 Å². The number of piperidine rings is 1. The first-order chi connectivity index (χ1) is 12.6. The van der Waals surface area contributed by atoms with E-state index in [4.69, 9.17) is 10.5 Å². The summed E-state index contributed by atoms with van der Waals surface area (Å²) in [7, 11) is 0. The molecule has 7 heteroatoms. The first kappa shape index (κ1) is 17.5. The molecule has 2 amide bonds. The van der Waals surface area contributed by atoms with E-state index in [2.05, 4.69) is 10.2 Å². The highest BCUT2D eigenvalue weighted by atomic mass is 16.5. The molecule has 3 aliphatic heterocycles. The fraction of sp³-hybridized carbons (Fsp3) is 0.579. The van der Waals surface area contributed by atoms with Crippen molar-refractivity contribution in [3.05, 3.63) is 29.3 Å². The molecule has 3 aliphatic rings. The Balaban J connectivity index is 1.64. The molecule has 0 aliphatic carbocycles. The fourth-order valence-electron chi connectivity index (χ4n) is 4.42. The zero-order chi connectivity index (χ0) is 18.1. The number of ether oxygens (including phenoxy) is 1. The van der Waals surface area contributed by atoms with Crippen molar-refractivity contribution in [1.82, 2.24) is 10.2 Å². The summed E-state index contributed by atoms with van der Waals surface area (Å²) in [6.45, 7) is 6.38. The molecule has 3 N–H and O–H groups in total. The quantitative estimate of drug-likeness (QED) is 0.796. The molecular weight excluding hydrogens is 332 g/mol. The van der Waals surface area contributed by atoms with Crippen LogP contribution in [0.4, 0.5) is 5.69 Å². The van der Waals surface area contributed by atoms with E-state index in [1.165, 1.54) is 0 Å². The van der Waals surface area contributed by atoms with E-state index in [1.54, 1.807) is 12.1 Å². The van der Waals surface area contributed by atoms with E-state index in [9.17, 15) is 9.59 Å². The lowest BCUT2D eigenvalue weighted by molar-refractivity contribution is -0.124. The van der Waals surface area contributed by atoms with E-state index in [1.807, 2.05) is 11.0 Å². The molecule has 0 unspecified atom stereocenters. The molecule has 4 rings (SSSR count). The van der Waals surface area contributed by atoms with Gasteiger partial charge in [0.1, 0.15) is 0 Å². The molecule has 0 radical (unpaired) electrons. The van der Waals surface area contributed by atoms with Gasteiger partial charge in [-0.15, -0.1) is 0 Å². The molecule has 0 bridgehead atoms. The number of hydrogen-bond acceptors (Lipinski definition) is 5. The lowest BCUT2D eigenvalue weighted by atomic mass is 9.74. The number of carbonyl (C=O) groups excluding carboxylic acids is 2. The van der Waals surface area contributed by atoms with Crippen molar-refractivity contribution >= 4 is 17.5 Å². The molecule has 2 saturated heterocycles.